The van der Waals surface area contributed by atoms with Gasteiger partial charge in [0.1, 0.15) is 17.4 Å². The number of aromatic hydroxyl groups is 2. The largest absolute Gasteiger partial charge is 0.507 e. The summed E-state index contributed by atoms with van der Waals surface area (Å²) in [6.45, 7) is 3.41. The molecule has 220 valence electrons. The maximum atomic E-state index is 13.6. The fourth-order valence-electron chi connectivity index (χ4n) is 6.50. The first kappa shape index (κ1) is 29.2. The molecule has 1 saturated heterocycles. The van der Waals surface area contributed by atoms with Gasteiger partial charge in [0.15, 0.2) is 12.1 Å². The number of likely N-dealkylation sites (N-methyl/N-ethyl adjacent to an activating group) is 1. The third-order valence-electron chi connectivity index (χ3n) is 8.77. The number of carbonyl (C=O) groups is 3. The van der Waals surface area contributed by atoms with Crippen molar-refractivity contribution in [3.63, 3.8) is 0 Å². The Labute approximate surface area is 237 Å². The lowest BCUT2D eigenvalue weighted by molar-refractivity contribution is -0.258. The summed E-state index contributed by atoms with van der Waals surface area (Å²) in [5.41, 5.74) is -2.27. The maximum Gasteiger partial charge on any atom is 0.316 e. The highest BCUT2D eigenvalue weighted by molar-refractivity contribution is 6.30. The van der Waals surface area contributed by atoms with Gasteiger partial charge in [-0.1, -0.05) is 19.1 Å². The highest BCUT2D eigenvalue weighted by Gasteiger charge is 2.53. The zero-order chi connectivity index (χ0) is 30.0. The topological polar surface area (TPSA) is 163 Å². The van der Waals surface area contributed by atoms with Gasteiger partial charge in [0.25, 0.3) is 0 Å². The molecule has 2 aromatic carbocycles. The number of benzene rings is 2. The van der Waals surface area contributed by atoms with Crippen molar-refractivity contribution in [2.45, 2.75) is 75.3 Å². The van der Waals surface area contributed by atoms with E-state index >= 15 is 0 Å². The molecule has 0 saturated carbocycles. The van der Waals surface area contributed by atoms with Crippen LogP contribution in [-0.4, -0.2) is 94.2 Å². The summed E-state index contributed by atoms with van der Waals surface area (Å²) < 4.78 is 17.3. The minimum atomic E-state index is -1.69. The Balaban J connectivity index is 1.69. The van der Waals surface area contributed by atoms with Crippen molar-refractivity contribution in [1.29, 1.82) is 0 Å². The number of carbonyl (C=O) groups excluding carboxylic acids is 3. The number of fused-ring (bicyclic) bond motifs is 3. The van der Waals surface area contributed by atoms with Crippen molar-refractivity contribution >= 4 is 17.5 Å². The SMILES string of the molecule is CC[C@@]1(O)C[C@H](O[C@H]2C[C@@H](N(C)C)[C@H](O)[C@H](C)O2)c2c(cc3c(c2O)C(=O)c2c(O)cccc2C3=O)[C@H]1C(=O)OC. The standard InChI is InChI=1S/C30H35NO10/c1-6-30(38)12-19(41-20-11-17(31(3)4)25(33)13(2)40-20)22-15(24(30)29(37)39-5)10-16-23(28(22)36)27(35)21-14(26(16)34)8-7-9-18(21)32/h7-10,13,17,19-20,24-25,32-33,36,38H,6,11-12H2,1-5H3/t13-,17+,19-,20-,24-,25+,30+/m0/s1. The van der Waals surface area contributed by atoms with Gasteiger partial charge < -0.3 is 39.5 Å². The number of nitrogens with zero attached hydrogens (tertiary/aromatic N) is 1. The average Bonchev–Trinajstić information content (AvgIpc) is 2.92. The van der Waals surface area contributed by atoms with Gasteiger partial charge in [0.05, 0.1) is 42.1 Å². The van der Waals surface area contributed by atoms with Gasteiger partial charge in [0, 0.05) is 35.6 Å². The summed E-state index contributed by atoms with van der Waals surface area (Å²) in [7, 11) is 4.82. The highest BCUT2D eigenvalue weighted by atomic mass is 16.7. The molecule has 11 heteroatoms. The maximum absolute atomic E-state index is 13.6. The first-order valence-corrected chi connectivity index (χ1v) is 13.6. The number of phenols is 2. The van der Waals surface area contributed by atoms with Crippen LogP contribution in [0.1, 0.15) is 88.1 Å². The minimum Gasteiger partial charge on any atom is -0.507 e. The number of aliphatic hydroxyl groups excluding tert-OH is 1. The molecule has 2 aromatic rings. The predicted molar refractivity (Wildman–Crippen MR) is 144 cm³/mol. The van der Waals surface area contributed by atoms with E-state index in [2.05, 4.69) is 0 Å². The Morgan fingerprint density at radius 2 is 1.85 bits per heavy atom. The summed E-state index contributed by atoms with van der Waals surface area (Å²) >= 11 is 0. The zero-order valence-electron chi connectivity index (χ0n) is 23.6. The lowest BCUT2D eigenvalue weighted by Crippen LogP contribution is -2.54. The number of aliphatic hydroxyl groups is 2. The van der Waals surface area contributed by atoms with E-state index in [4.69, 9.17) is 14.2 Å². The van der Waals surface area contributed by atoms with E-state index in [9.17, 15) is 34.8 Å². The molecule has 0 aromatic heterocycles. The van der Waals surface area contributed by atoms with Gasteiger partial charge in [-0.3, -0.25) is 14.4 Å². The normalized spacial score (nSPS) is 30.9. The van der Waals surface area contributed by atoms with E-state index in [1.165, 1.54) is 31.4 Å². The predicted octanol–water partition coefficient (Wildman–Crippen LogP) is 2.16. The number of rotatable bonds is 5. The fraction of sp³-hybridized carbons (Fsp3) is 0.500. The van der Waals surface area contributed by atoms with Crippen LogP contribution < -0.4 is 0 Å². The number of hydrogen-bond acceptors (Lipinski definition) is 11. The molecule has 41 heavy (non-hydrogen) atoms. The molecule has 0 bridgehead atoms. The summed E-state index contributed by atoms with van der Waals surface area (Å²) in [6.07, 6.45) is -3.09. The molecule has 2 aliphatic carbocycles. The Hall–Kier alpha value is -3.35. The molecular formula is C30H35NO10. The molecule has 7 atom stereocenters. The quantitative estimate of drug-likeness (QED) is 0.333. The second-order valence-electron chi connectivity index (χ2n) is 11.3. The smallest absolute Gasteiger partial charge is 0.316 e. The van der Waals surface area contributed by atoms with Crippen LogP contribution in [0.15, 0.2) is 24.3 Å². The molecule has 1 aliphatic heterocycles. The molecule has 0 amide bonds. The molecule has 0 radical (unpaired) electrons. The van der Waals surface area contributed by atoms with Crippen LogP contribution >= 0.6 is 0 Å². The second kappa shape index (κ2) is 10.5. The lowest BCUT2D eigenvalue weighted by Gasteiger charge is -2.46. The van der Waals surface area contributed by atoms with E-state index in [-0.39, 0.29) is 58.7 Å². The fourth-order valence-corrected chi connectivity index (χ4v) is 6.50. The van der Waals surface area contributed by atoms with Crippen LogP contribution in [-0.2, 0) is 19.0 Å². The number of methoxy groups -OCH3 is 1. The molecule has 3 aliphatic rings. The Bertz CT molecular complexity index is 1420. The van der Waals surface area contributed by atoms with Gasteiger partial charge in [-0.15, -0.1) is 0 Å². The van der Waals surface area contributed by atoms with Crippen LogP contribution in [0.5, 0.6) is 11.5 Å². The van der Waals surface area contributed by atoms with Crippen molar-refractivity contribution in [3.8, 4) is 11.5 Å². The van der Waals surface area contributed by atoms with Gasteiger partial charge in [-0.05, 0) is 45.1 Å². The summed E-state index contributed by atoms with van der Waals surface area (Å²) in [4.78, 5) is 42.1. The summed E-state index contributed by atoms with van der Waals surface area (Å²) in [6, 6.07) is 5.14. The van der Waals surface area contributed by atoms with E-state index in [0.717, 1.165) is 0 Å². The minimum absolute atomic E-state index is 0.0382. The highest BCUT2D eigenvalue weighted by Crippen LogP contribution is 2.54. The summed E-state index contributed by atoms with van der Waals surface area (Å²) in [5, 5.41) is 44.5. The Kier molecular flexibility index (Phi) is 7.46. The molecule has 1 fully saturated rings. The van der Waals surface area contributed by atoms with Gasteiger partial charge in [0.2, 0.25) is 5.78 Å². The van der Waals surface area contributed by atoms with Crippen LogP contribution in [0.2, 0.25) is 0 Å². The van der Waals surface area contributed by atoms with Crippen molar-refractivity contribution in [2.75, 3.05) is 21.2 Å². The molecule has 11 nitrogen and oxygen atoms in total. The monoisotopic (exact) mass is 569 g/mol. The molecule has 0 unspecified atom stereocenters. The Morgan fingerprint density at radius 3 is 2.49 bits per heavy atom. The second-order valence-corrected chi connectivity index (χ2v) is 11.3. The first-order valence-electron chi connectivity index (χ1n) is 13.6. The molecule has 0 spiro atoms. The zero-order valence-corrected chi connectivity index (χ0v) is 23.6. The third kappa shape index (κ3) is 4.52. The van der Waals surface area contributed by atoms with Crippen LogP contribution in [0.3, 0.4) is 0 Å². The van der Waals surface area contributed by atoms with Crippen molar-refractivity contribution in [1.82, 2.24) is 4.90 Å². The van der Waals surface area contributed by atoms with Crippen molar-refractivity contribution in [2.24, 2.45) is 0 Å². The lowest BCUT2D eigenvalue weighted by atomic mass is 9.67. The van der Waals surface area contributed by atoms with E-state index in [0.29, 0.717) is 0 Å². The van der Waals surface area contributed by atoms with Gasteiger partial charge in [-0.25, -0.2) is 0 Å². The average molecular weight is 570 g/mol. The molecule has 1 heterocycles. The first-order chi connectivity index (χ1) is 19.3. The van der Waals surface area contributed by atoms with Gasteiger partial charge in [-0.2, -0.15) is 0 Å². The summed E-state index contributed by atoms with van der Waals surface area (Å²) in [5.74, 6) is -4.42. The van der Waals surface area contributed by atoms with Crippen LogP contribution in [0, 0.1) is 0 Å². The molecular weight excluding hydrogens is 534 g/mol. The van der Waals surface area contributed by atoms with E-state index < -0.39 is 65.2 Å². The van der Waals surface area contributed by atoms with Crippen LogP contribution in [0.25, 0.3) is 0 Å². The number of hydrogen-bond donors (Lipinski definition) is 4. The van der Waals surface area contributed by atoms with Crippen molar-refractivity contribution in [3.05, 3.63) is 57.6 Å². The van der Waals surface area contributed by atoms with Gasteiger partial charge >= 0.3 is 5.97 Å². The molecule has 4 N–H and O–H groups in total. The Morgan fingerprint density at radius 1 is 1.15 bits per heavy atom. The van der Waals surface area contributed by atoms with E-state index in [1.807, 2.05) is 19.0 Å². The number of ketones is 2. The van der Waals surface area contributed by atoms with Crippen LogP contribution in [0.4, 0.5) is 0 Å². The van der Waals surface area contributed by atoms with E-state index in [1.54, 1.807) is 13.8 Å². The number of ether oxygens (including phenoxy) is 3. The number of esters is 1. The molecule has 5 rings (SSSR count). The third-order valence-corrected chi connectivity index (χ3v) is 8.77. The van der Waals surface area contributed by atoms with Crippen molar-refractivity contribution < 1.29 is 49.0 Å². The number of phenolic OH excluding ortho intramolecular Hbond substituents is 2.